The highest BCUT2D eigenvalue weighted by Gasteiger charge is 2.59. The van der Waals surface area contributed by atoms with Gasteiger partial charge in [-0.1, -0.05) is 0 Å². The van der Waals surface area contributed by atoms with Crippen LogP contribution < -0.4 is 21.7 Å². The molecule has 0 aromatic rings. The molecule has 0 aromatic carbocycles. The minimum Gasteiger partial charge on any atom is -0.394 e. The lowest BCUT2D eigenvalue weighted by molar-refractivity contribution is -0.380. The minimum absolute atomic E-state index is 0.290. The van der Waals surface area contributed by atoms with E-state index in [2.05, 4.69) is 16.0 Å². The van der Waals surface area contributed by atoms with Crippen molar-refractivity contribution < 1.29 is 167 Å². The first-order valence-electron chi connectivity index (χ1n) is 26.0. The second-order valence-corrected chi connectivity index (χ2v) is 21.6. The normalized spacial score (nSPS) is 45.9. The van der Waals surface area contributed by atoms with E-state index in [9.17, 15) is 106 Å². The fourth-order valence-electron chi connectivity index (χ4n) is 10.1. The van der Waals surface area contributed by atoms with Crippen molar-refractivity contribution in [3.8, 4) is 0 Å². The molecule has 38 nitrogen and oxygen atoms in total. The van der Waals surface area contributed by atoms with E-state index in [-0.39, 0.29) is 6.54 Å². The number of hydrogen-bond donors (Lipinski definition) is 21. The van der Waals surface area contributed by atoms with Crippen LogP contribution in [0.4, 0.5) is 0 Å². The van der Waals surface area contributed by atoms with Gasteiger partial charge in [-0.05, 0) is 0 Å². The SMILES string of the molecule is CC(=O)N[C@H]1[C@H](O[C@H]2[C@H](O)[C@@H](NC(C)=O)[C@H](O[C@@H]3[C@H](O)[C@H](O[C@H]4[C@H](O)[C@@H](O)[C@H](O)O[C@@H]4CO)O[C@H](CO)[C@H]3O)O[C@@H]2COP(=O)(O)OCCN)O[C@H](CO)[C@H](O[C@H]2O[C@H](CO)[C@H](O)[C@H](O[C@@H]3O[C@H](CO)[C@H](O)[C@H](O)[C@H]3O)[C@H]2NC(C)=O)[C@@H]1O. The van der Waals surface area contributed by atoms with Crippen LogP contribution in [0.15, 0.2) is 0 Å². The molecule has 22 N–H and O–H groups in total. The van der Waals surface area contributed by atoms with Gasteiger partial charge in [-0.2, -0.15) is 0 Å². The maximum Gasteiger partial charge on any atom is 0.472 e. The van der Waals surface area contributed by atoms with Gasteiger partial charge in [0.2, 0.25) is 17.7 Å². The van der Waals surface area contributed by atoms with Crippen LogP contribution in [0.3, 0.4) is 0 Å². The Hall–Kier alpha value is -2.60. The van der Waals surface area contributed by atoms with Crippen molar-refractivity contribution in [2.75, 3.05) is 52.8 Å². The molecule has 0 radical (unpaired) electrons. The number of phosphoric acid groups is 1. The zero-order valence-electron chi connectivity index (χ0n) is 44.5. The number of carbonyl (C=O) groups excluding carboxylic acids is 3. The molecule has 31 atom stereocenters. The van der Waals surface area contributed by atoms with Gasteiger partial charge in [0.1, 0.15) is 146 Å². The number of ether oxygens (including phenoxy) is 11. The molecule has 6 aliphatic rings. The molecular weight excluding hydrogens is 1160 g/mol. The largest absolute Gasteiger partial charge is 0.472 e. The number of nitrogens with two attached hydrogens (primary N) is 1. The van der Waals surface area contributed by atoms with Crippen LogP contribution in [0.25, 0.3) is 0 Å². The predicted octanol–water partition coefficient (Wildman–Crippen LogP) is -13.6. The summed E-state index contributed by atoms with van der Waals surface area (Å²) in [5.74, 6) is -2.70. The Morgan fingerprint density at radius 2 is 0.783 bits per heavy atom. The highest BCUT2D eigenvalue weighted by molar-refractivity contribution is 7.47. The number of carbonyl (C=O) groups is 3. The lowest BCUT2D eigenvalue weighted by Crippen LogP contribution is -2.72. The number of rotatable bonds is 24. The van der Waals surface area contributed by atoms with Gasteiger partial charge in [-0.25, -0.2) is 4.57 Å². The first kappa shape index (κ1) is 69.5. The summed E-state index contributed by atoms with van der Waals surface area (Å²) in [4.78, 5) is 49.0. The molecule has 6 heterocycles. The van der Waals surface area contributed by atoms with E-state index in [4.69, 9.17) is 66.9 Å². The van der Waals surface area contributed by atoms with E-state index >= 15 is 0 Å². The maximum atomic E-state index is 13.0. The molecule has 3 amide bonds. The Morgan fingerprint density at radius 1 is 0.410 bits per heavy atom. The fraction of sp³-hybridized carbons (Fsp3) is 0.932. The van der Waals surface area contributed by atoms with E-state index in [1.165, 1.54) is 0 Å². The van der Waals surface area contributed by atoms with Crippen molar-refractivity contribution in [2.24, 2.45) is 5.73 Å². The molecule has 0 aromatic heterocycles. The van der Waals surface area contributed by atoms with Crippen LogP contribution in [0.5, 0.6) is 0 Å². The molecule has 6 rings (SSSR count). The molecule has 0 saturated carbocycles. The number of hydrogen-bond acceptors (Lipinski definition) is 34. The third-order valence-electron chi connectivity index (χ3n) is 14.2. The van der Waals surface area contributed by atoms with Gasteiger partial charge >= 0.3 is 7.82 Å². The van der Waals surface area contributed by atoms with Crippen LogP contribution in [-0.2, 0) is 80.1 Å². The molecule has 6 aliphatic heterocycles. The van der Waals surface area contributed by atoms with Crippen LogP contribution in [0, 0.1) is 0 Å². The summed E-state index contributed by atoms with van der Waals surface area (Å²) in [5.41, 5.74) is 5.43. The van der Waals surface area contributed by atoms with Crippen molar-refractivity contribution in [3.63, 3.8) is 0 Å². The molecule has 39 heteroatoms. The zero-order chi connectivity index (χ0) is 61.5. The average molecular weight is 1240 g/mol. The minimum atomic E-state index is -5.11. The Kier molecular flexibility index (Phi) is 25.6. The number of aliphatic hydroxyl groups is 16. The average Bonchev–Trinajstić information content (AvgIpc) is 3.42. The Bertz CT molecular complexity index is 2120. The zero-order valence-corrected chi connectivity index (χ0v) is 45.4. The monoisotopic (exact) mass is 1240 g/mol. The topological polar surface area (TPSA) is 594 Å². The molecule has 0 bridgehead atoms. The molecule has 1 unspecified atom stereocenters. The highest BCUT2D eigenvalue weighted by atomic mass is 31.2. The molecular formula is C44H77N4O34P. The number of nitrogens with one attached hydrogen (secondary N) is 3. The molecule has 0 aliphatic carbocycles. The van der Waals surface area contributed by atoms with Crippen LogP contribution in [0.1, 0.15) is 20.8 Å². The standard InChI is InChI=1S/C44H77N4O34P/c1-12(54)46-21-27(60)34(78-42-23(48-14(3)56)37(25(58)16(7-50)73-42)81-43-32(65)29(62)24(57)15(6-49)74-43)19(10-53)76-40(21)79-36-20(11-71-83(68,69)70-5-4-45)77-41(22(28(36)61)47-13(2)55)82-38-26(59)17(8-51)75-44(33(38)66)80-35-18(9-52)72-39(67)31(64)30(35)63/h15-44,49-53,57-67H,4-11,45H2,1-3H3,(H,46,54)(H,47,55)(H,48,56)(H,68,69)/t15-,16-,17-,18-,19-,20-,21-,22-,23-,24+,25+,26-,27-,28-,29+,30-,31-,32-,33+,34+,35-,36-,37-,38+,39-,40+,41+,42-,43+,44+/m1/s1. The van der Waals surface area contributed by atoms with E-state index in [1.807, 2.05) is 0 Å². The third kappa shape index (κ3) is 16.4. The van der Waals surface area contributed by atoms with Crippen molar-refractivity contribution in [3.05, 3.63) is 0 Å². The first-order chi connectivity index (χ1) is 39.1. The summed E-state index contributed by atoms with van der Waals surface area (Å²) in [6.45, 7) is -4.08. The third-order valence-corrected chi connectivity index (χ3v) is 15.2. The summed E-state index contributed by atoms with van der Waals surface area (Å²) in [6.07, 6.45) is -52.9. The van der Waals surface area contributed by atoms with Crippen molar-refractivity contribution in [2.45, 2.75) is 205 Å². The summed E-state index contributed by atoms with van der Waals surface area (Å²) in [6, 6.07) is -5.57. The van der Waals surface area contributed by atoms with Crippen molar-refractivity contribution in [1.29, 1.82) is 0 Å². The maximum absolute atomic E-state index is 13.0. The molecule has 6 saturated heterocycles. The number of phosphoric ester groups is 1. The van der Waals surface area contributed by atoms with Gasteiger partial charge in [-0.3, -0.25) is 23.4 Å². The van der Waals surface area contributed by atoms with Gasteiger partial charge in [0.05, 0.1) is 46.2 Å². The van der Waals surface area contributed by atoms with Crippen molar-refractivity contribution >= 4 is 25.5 Å². The van der Waals surface area contributed by atoms with Gasteiger partial charge < -0.3 is 160 Å². The lowest BCUT2D eigenvalue weighted by Gasteiger charge is -2.51. The van der Waals surface area contributed by atoms with Crippen molar-refractivity contribution in [1.82, 2.24) is 16.0 Å². The van der Waals surface area contributed by atoms with Gasteiger partial charge in [0.15, 0.2) is 37.7 Å². The van der Waals surface area contributed by atoms with Gasteiger partial charge in [0, 0.05) is 27.3 Å². The lowest BCUT2D eigenvalue weighted by atomic mass is 9.93. The van der Waals surface area contributed by atoms with E-state index in [1.54, 1.807) is 0 Å². The summed E-state index contributed by atoms with van der Waals surface area (Å²) >= 11 is 0. The van der Waals surface area contributed by atoms with E-state index in [0.717, 1.165) is 20.8 Å². The quantitative estimate of drug-likeness (QED) is 0.0399. The van der Waals surface area contributed by atoms with Crippen LogP contribution in [0.2, 0.25) is 0 Å². The Morgan fingerprint density at radius 3 is 1.29 bits per heavy atom. The second kappa shape index (κ2) is 30.5. The Balaban J connectivity index is 1.31. The summed E-state index contributed by atoms with van der Waals surface area (Å²) < 4.78 is 87.0. The predicted molar refractivity (Wildman–Crippen MR) is 258 cm³/mol. The summed E-state index contributed by atoms with van der Waals surface area (Å²) in [7, 11) is -5.11. The van der Waals surface area contributed by atoms with Crippen LogP contribution >= 0.6 is 7.82 Å². The molecule has 6 fully saturated rings. The number of aliphatic hydroxyl groups excluding tert-OH is 16. The first-order valence-corrected chi connectivity index (χ1v) is 27.5. The highest BCUT2D eigenvalue weighted by Crippen LogP contribution is 2.44. The summed E-state index contributed by atoms with van der Waals surface area (Å²) in [5, 5.41) is 180. The molecule has 83 heavy (non-hydrogen) atoms. The van der Waals surface area contributed by atoms with Gasteiger partial charge in [0.25, 0.3) is 0 Å². The van der Waals surface area contributed by atoms with E-state index < -0.39 is 256 Å². The molecule has 482 valence electrons. The Labute approximate surface area is 470 Å². The van der Waals surface area contributed by atoms with Gasteiger partial charge in [-0.15, -0.1) is 0 Å². The van der Waals surface area contributed by atoms with E-state index in [0.29, 0.717) is 0 Å². The second-order valence-electron chi connectivity index (χ2n) is 20.2. The smallest absolute Gasteiger partial charge is 0.394 e. The number of amides is 3. The fourth-order valence-corrected chi connectivity index (χ4v) is 10.8. The molecule has 0 spiro atoms. The van der Waals surface area contributed by atoms with Crippen LogP contribution in [-0.4, -0.2) is 341 Å².